The van der Waals surface area contributed by atoms with Gasteiger partial charge < -0.3 is 10.1 Å². The van der Waals surface area contributed by atoms with Crippen LogP contribution in [0.5, 0.6) is 0 Å². The van der Waals surface area contributed by atoms with Crippen molar-refractivity contribution < 1.29 is 14.5 Å². The Bertz CT molecular complexity index is 363. The standard InChI is InChI=1S/C8H10N2O4S/c1-14-5-4-9-8(11)6-2-3-7(15-6)10(12)13/h2-3H,4-5H2,1H3,(H,9,11). The molecule has 0 spiro atoms. The van der Waals surface area contributed by atoms with Gasteiger partial charge in [-0.25, -0.2) is 0 Å². The molecule has 1 amide bonds. The predicted molar refractivity (Wildman–Crippen MR) is 55.2 cm³/mol. The van der Waals surface area contributed by atoms with Gasteiger partial charge in [-0.2, -0.15) is 0 Å². The van der Waals surface area contributed by atoms with Crippen molar-refractivity contribution in [3.63, 3.8) is 0 Å². The van der Waals surface area contributed by atoms with Crippen LogP contribution in [0.3, 0.4) is 0 Å². The summed E-state index contributed by atoms with van der Waals surface area (Å²) in [6.45, 7) is 0.806. The fraction of sp³-hybridized carbons (Fsp3) is 0.375. The number of rotatable bonds is 5. The van der Waals surface area contributed by atoms with Gasteiger partial charge in [0.2, 0.25) is 0 Å². The van der Waals surface area contributed by atoms with Gasteiger partial charge in [0.25, 0.3) is 5.91 Å². The zero-order valence-corrected chi connectivity index (χ0v) is 8.87. The molecule has 1 rings (SSSR count). The predicted octanol–water partition coefficient (Wildman–Crippen LogP) is 1.03. The van der Waals surface area contributed by atoms with Gasteiger partial charge in [0, 0.05) is 19.7 Å². The summed E-state index contributed by atoms with van der Waals surface area (Å²) in [6, 6.07) is 2.75. The van der Waals surface area contributed by atoms with Crippen LogP contribution < -0.4 is 5.32 Å². The number of nitrogens with zero attached hydrogens (tertiary/aromatic N) is 1. The molecule has 0 aliphatic heterocycles. The van der Waals surface area contributed by atoms with E-state index in [9.17, 15) is 14.9 Å². The SMILES string of the molecule is COCCNC(=O)c1ccc([N+](=O)[O-])s1. The fourth-order valence-corrected chi connectivity index (χ4v) is 1.64. The molecular weight excluding hydrogens is 220 g/mol. The molecule has 0 fully saturated rings. The number of ether oxygens (including phenoxy) is 1. The number of carbonyl (C=O) groups excluding carboxylic acids is 1. The van der Waals surface area contributed by atoms with Crippen molar-refractivity contribution >= 4 is 22.2 Å². The van der Waals surface area contributed by atoms with E-state index in [-0.39, 0.29) is 10.9 Å². The Kier molecular flexibility index (Phi) is 4.19. The van der Waals surface area contributed by atoms with Crippen LogP contribution in [0.1, 0.15) is 9.67 Å². The lowest BCUT2D eigenvalue weighted by molar-refractivity contribution is -0.380. The molecule has 0 bridgehead atoms. The molecule has 1 heterocycles. The Hall–Kier alpha value is -1.47. The van der Waals surface area contributed by atoms with Gasteiger partial charge in [-0.05, 0) is 6.07 Å². The normalized spacial score (nSPS) is 9.93. The summed E-state index contributed by atoms with van der Waals surface area (Å²) >= 11 is 0.855. The maximum absolute atomic E-state index is 11.4. The molecule has 0 saturated heterocycles. The average molecular weight is 230 g/mol. The van der Waals surface area contributed by atoms with Gasteiger partial charge in [0.05, 0.1) is 16.4 Å². The molecular formula is C8H10N2O4S. The lowest BCUT2D eigenvalue weighted by Gasteiger charge is -2.00. The van der Waals surface area contributed by atoms with Crippen molar-refractivity contribution in [1.82, 2.24) is 5.32 Å². The smallest absolute Gasteiger partial charge is 0.324 e. The number of nitro groups is 1. The quantitative estimate of drug-likeness (QED) is 0.465. The maximum atomic E-state index is 11.4. The monoisotopic (exact) mass is 230 g/mol. The summed E-state index contributed by atoms with van der Waals surface area (Å²) < 4.78 is 4.75. The minimum atomic E-state index is -0.517. The van der Waals surface area contributed by atoms with Crippen LogP contribution in [0.15, 0.2) is 12.1 Å². The van der Waals surface area contributed by atoms with Crippen LogP contribution in [-0.4, -0.2) is 31.1 Å². The number of methoxy groups -OCH3 is 1. The molecule has 1 aromatic rings. The van der Waals surface area contributed by atoms with E-state index in [0.717, 1.165) is 11.3 Å². The van der Waals surface area contributed by atoms with Gasteiger partial charge in [-0.1, -0.05) is 11.3 Å². The Balaban J connectivity index is 2.54. The number of hydrogen-bond acceptors (Lipinski definition) is 5. The molecule has 6 nitrogen and oxygen atoms in total. The molecule has 1 N–H and O–H groups in total. The third-order valence-corrected chi connectivity index (χ3v) is 2.62. The Labute approximate surface area is 90.0 Å². The van der Waals surface area contributed by atoms with E-state index in [1.165, 1.54) is 19.2 Å². The van der Waals surface area contributed by atoms with Crippen molar-refractivity contribution in [2.45, 2.75) is 0 Å². The lowest BCUT2D eigenvalue weighted by Crippen LogP contribution is -2.26. The van der Waals surface area contributed by atoms with Crippen molar-refractivity contribution in [1.29, 1.82) is 0 Å². The summed E-state index contributed by atoms with van der Waals surface area (Å²) in [6.07, 6.45) is 0. The first-order valence-corrected chi connectivity index (χ1v) is 4.98. The second kappa shape index (κ2) is 5.42. The minimum Gasteiger partial charge on any atom is -0.383 e. The van der Waals surface area contributed by atoms with E-state index >= 15 is 0 Å². The van der Waals surface area contributed by atoms with Gasteiger partial charge >= 0.3 is 5.00 Å². The molecule has 1 aromatic heterocycles. The van der Waals surface area contributed by atoms with Gasteiger partial charge in [-0.3, -0.25) is 14.9 Å². The molecule has 0 saturated carbocycles. The largest absolute Gasteiger partial charge is 0.383 e. The van der Waals surface area contributed by atoms with Gasteiger partial charge in [-0.15, -0.1) is 0 Å². The third-order valence-electron chi connectivity index (χ3n) is 1.59. The first-order chi connectivity index (χ1) is 7.15. The summed E-state index contributed by atoms with van der Waals surface area (Å²) in [5.74, 6) is -0.315. The number of thiophene rings is 1. The molecule has 0 aliphatic rings. The summed E-state index contributed by atoms with van der Waals surface area (Å²) in [7, 11) is 1.53. The van der Waals surface area contributed by atoms with Crippen LogP contribution in [0.25, 0.3) is 0 Å². The fourth-order valence-electron chi connectivity index (χ4n) is 0.902. The van der Waals surface area contributed by atoms with Crippen molar-refractivity contribution in [3.8, 4) is 0 Å². The van der Waals surface area contributed by atoms with Gasteiger partial charge in [0.1, 0.15) is 0 Å². The molecule has 0 aromatic carbocycles. The highest BCUT2D eigenvalue weighted by Gasteiger charge is 2.14. The number of amides is 1. The summed E-state index contributed by atoms with van der Waals surface area (Å²) in [4.78, 5) is 21.6. The zero-order chi connectivity index (χ0) is 11.3. The Morgan fingerprint density at radius 3 is 2.93 bits per heavy atom. The van der Waals surface area contributed by atoms with Crippen molar-refractivity contribution in [3.05, 3.63) is 27.1 Å². The van der Waals surface area contributed by atoms with E-state index in [0.29, 0.717) is 18.0 Å². The number of hydrogen-bond donors (Lipinski definition) is 1. The van der Waals surface area contributed by atoms with E-state index in [4.69, 9.17) is 4.74 Å². The number of nitrogens with one attached hydrogen (secondary N) is 1. The van der Waals surface area contributed by atoms with Crippen molar-refractivity contribution in [2.24, 2.45) is 0 Å². The molecule has 82 valence electrons. The van der Waals surface area contributed by atoms with Crippen LogP contribution in [0, 0.1) is 10.1 Å². The van der Waals surface area contributed by atoms with E-state index in [1.54, 1.807) is 0 Å². The Morgan fingerprint density at radius 1 is 1.67 bits per heavy atom. The highest BCUT2D eigenvalue weighted by atomic mass is 32.1. The first-order valence-electron chi connectivity index (χ1n) is 4.16. The second-order valence-corrected chi connectivity index (χ2v) is 3.71. The third kappa shape index (κ3) is 3.30. The van der Waals surface area contributed by atoms with Gasteiger partial charge in [0.15, 0.2) is 0 Å². The Morgan fingerprint density at radius 2 is 2.40 bits per heavy atom. The molecule has 15 heavy (non-hydrogen) atoms. The van der Waals surface area contributed by atoms with Crippen molar-refractivity contribution in [2.75, 3.05) is 20.3 Å². The zero-order valence-electron chi connectivity index (χ0n) is 8.06. The minimum absolute atomic E-state index is 0.0353. The highest BCUT2D eigenvalue weighted by Crippen LogP contribution is 2.23. The topological polar surface area (TPSA) is 81.5 Å². The molecule has 0 unspecified atom stereocenters. The first kappa shape index (κ1) is 11.6. The molecule has 0 radical (unpaired) electrons. The molecule has 7 heteroatoms. The second-order valence-electron chi connectivity index (χ2n) is 2.64. The molecule has 0 atom stereocenters. The van der Waals surface area contributed by atoms with E-state index in [1.807, 2.05) is 0 Å². The van der Waals surface area contributed by atoms with E-state index < -0.39 is 4.92 Å². The summed E-state index contributed by atoms with van der Waals surface area (Å²) in [5, 5.41) is 12.9. The molecule has 0 aliphatic carbocycles. The van der Waals surface area contributed by atoms with Crippen LogP contribution in [0.4, 0.5) is 5.00 Å². The number of carbonyl (C=O) groups is 1. The maximum Gasteiger partial charge on any atom is 0.324 e. The summed E-state index contributed by atoms with van der Waals surface area (Å²) in [5.41, 5.74) is 0. The van der Waals surface area contributed by atoms with E-state index in [2.05, 4.69) is 5.32 Å². The van der Waals surface area contributed by atoms with Crippen LogP contribution >= 0.6 is 11.3 Å². The highest BCUT2D eigenvalue weighted by molar-refractivity contribution is 7.17. The van der Waals surface area contributed by atoms with Crippen LogP contribution in [0.2, 0.25) is 0 Å². The lowest BCUT2D eigenvalue weighted by atomic mass is 10.4. The average Bonchev–Trinajstić information content (AvgIpc) is 2.66. The van der Waals surface area contributed by atoms with Crippen LogP contribution in [-0.2, 0) is 4.74 Å².